The van der Waals surface area contributed by atoms with Crippen molar-refractivity contribution >= 4 is 26.0 Å². The number of aromatic nitrogens is 2. The zero-order valence-corrected chi connectivity index (χ0v) is 17.8. The van der Waals surface area contributed by atoms with Gasteiger partial charge >= 0.3 is 0 Å². The fourth-order valence-electron chi connectivity index (χ4n) is 3.34. The number of aryl methyl sites for hydroxylation is 1. The quantitative estimate of drug-likeness (QED) is 0.576. The average Bonchev–Trinajstić information content (AvgIpc) is 3.19. The summed E-state index contributed by atoms with van der Waals surface area (Å²) in [4.78, 5) is 4.84. The van der Waals surface area contributed by atoms with Crippen molar-refractivity contribution in [3.05, 3.63) is 64.5 Å². The van der Waals surface area contributed by atoms with E-state index in [-0.39, 0.29) is 5.92 Å². The Morgan fingerprint density at radius 1 is 1.11 bits per heavy atom. The molecule has 1 unspecified atom stereocenters. The van der Waals surface area contributed by atoms with Gasteiger partial charge < -0.3 is 4.52 Å². The van der Waals surface area contributed by atoms with Crippen LogP contribution in [0.4, 0.5) is 0 Å². The average molecular weight is 462 g/mol. The van der Waals surface area contributed by atoms with Crippen LogP contribution in [0.1, 0.15) is 30.2 Å². The van der Waals surface area contributed by atoms with Gasteiger partial charge in [0, 0.05) is 23.1 Å². The number of sulfonamides is 1. The van der Waals surface area contributed by atoms with Crippen LogP contribution in [0.2, 0.25) is 0 Å². The van der Waals surface area contributed by atoms with E-state index in [1.807, 2.05) is 43.3 Å². The van der Waals surface area contributed by atoms with E-state index in [2.05, 4.69) is 26.1 Å². The lowest BCUT2D eigenvalue weighted by molar-refractivity contribution is 0.265. The molecule has 8 heteroatoms. The number of rotatable bonds is 4. The largest absolute Gasteiger partial charge is 0.339 e. The van der Waals surface area contributed by atoms with Crippen molar-refractivity contribution in [2.75, 3.05) is 13.1 Å². The number of hydrogen-bond acceptors (Lipinski definition) is 5. The molecule has 6 nitrogen and oxygen atoms in total. The molecular weight excluding hydrogens is 442 g/mol. The van der Waals surface area contributed by atoms with Gasteiger partial charge in [-0.3, -0.25) is 0 Å². The minimum atomic E-state index is -3.53. The van der Waals surface area contributed by atoms with Gasteiger partial charge in [-0.1, -0.05) is 38.8 Å². The first-order valence-corrected chi connectivity index (χ1v) is 11.3. The van der Waals surface area contributed by atoms with E-state index in [1.165, 1.54) is 4.31 Å². The summed E-state index contributed by atoms with van der Waals surface area (Å²) >= 11 is 3.41. The van der Waals surface area contributed by atoms with Crippen molar-refractivity contribution in [3.8, 4) is 11.4 Å². The van der Waals surface area contributed by atoms with Gasteiger partial charge in [-0.2, -0.15) is 9.29 Å². The molecule has 28 heavy (non-hydrogen) atoms. The maximum Gasteiger partial charge on any atom is 0.243 e. The predicted octanol–water partition coefficient (Wildman–Crippen LogP) is 4.38. The molecule has 1 aliphatic rings. The second kappa shape index (κ2) is 7.77. The number of halogens is 1. The summed E-state index contributed by atoms with van der Waals surface area (Å²) in [5.74, 6) is 0.897. The zero-order valence-electron chi connectivity index (χ0n) is 15.4. The van der Waals surface area contributed by atoms with Crippen molar-refractivity contribution in [1.29, 1.82) is 0 Å². The molecule has 0 N–H and O–H groups in total. The molecule has 0 aliphatic carbocycles. The highest BCUT2D eigenvalue weighted by atomic mass is 79.9. The molecule has 1 fully saturated rings. The van der Waals surface area contributed by atoms with Gasteiger partial charge in [0.2, 0.25) is 21.7 Å². The van der Waals surface area contributed by atoms with Crippen LogP contribution in [-0.2, 0) is 10.0 Å². The third kappa shape index (κ3) is 3.90. The Balaban J connectivity index is 1.54. The zero-order chi connectivity index (χ0) is 19.7. The Bertz CT molecular complexity index is 1060. The van der Waals surface area contributed by atoms with Gasteiger partial charge in [0.05, 0.1) is 10.8 Å². The maximum atomic E-state index is 13.0. The van der Waals surface area contributed by atoms with E-state index in [0.717, 1.165) is 28.4 Å². The minimum absolute atomic E-state index is 0.106. The summed E-state index contributed by atoms with van der Waals surface area (Å²) in [7, 11) is -3.53. The SMILES string of the molecule is Cc1ccc(S(=O)(=O)N2CCCC(c3nc(-c4ccc(Br)cc4)no3)C2)cc1. The first kappa shape index (κ1) is 19.3. The van der Waals surface area contributed by atoms with Crippen LogP contribution in [0.5, 0.6) is 0 Å². The fourth-order valence-corrected chi connectivity index (χ4v) is 5.13. The number of piperidine rings is 1. The standard InChI is InChI=1S/C20H20BrN3O3S/c1-14-4-10-18(11-5-14)28(25,26)24-12-2-3-16(13-24)20-22-19(23-27-20)15-6-8-17(21)9-7-15/h4-11,16H,2-3,12-13H2,1H3. The molecule has 1 aliphatic heterocycles. The smallest absolute Gasteiger partial charge is 0.243 e. The Kier molecular flexibility index (Phi) is 5.35. The van der Waals surface area contributed by atoms with Gasteiger partial charge in [0.25, 0.3) is 0 Å². The second-order valence-corrected chi connectivity index (χ2v) is 9.83. The number of nitrogens with zero attached hydrogens (tertiary/aromatic N) is 3. The van der Waals surface area contributed by atoms with Crippen LogP contribution in [0.25, 0.3) is 11.4 Å². The van der Waals surface area contributed by atoms with Crippen molar-refractivity contribution in [2.24, 2.45) is 0 Å². The lowest BCUT2D eigenvalue weighted by atomic mass is 10.00. The molecule has 1 aromatic heterocycles. The molecule has 4 rings (SSSR count). The summed E-state index contributed by atoms with van der Waals surface area (Å²) in [5.41, 5.74) is 1.89. The first-order valence-electron chi connectivity index (χ1n) is 9.10. The van der Waals surface area contributed by atoms with Gasteiger partial charge in [0.1, 0.15) is 0 Å². The third-order valence-corrected chi connectivity index (χ3v) is 7.34. The molecule has 0 bridgehead atoms. The highest BCUT2D eigenvalue weighted by Crippen LogP contribution is 2.31. The van der Waals surface area contributed by atoms with Crippen molar-refractivity contribution in [1.82, 2.24) is 14.4 Å². The molecule has 0 radical (unpaired) electrons. The Morgan fingerprint density at radius 3 is 2.54 bits per heavy atom. The van der Waals surface area contributed by atoms with Crippen LogP contribution in [0.3, 0.4) is 0 Å². The van der Waals surface area contributed by atoms with Gasteiger partial charge in [-0.15, -0.1) is 0 Å². The predicted molar refractivity (Wildman–Crippen MR) is 109 cm³/mol. The minimum Gasteiger partial charge on any atom is -0.339 e. The number of hydrogen-bond donors (Lipinski definition) is 0. The molecule has 0 spiro atoms. The molecule has 1 atom stereocenters. The van der Waals surface area contributed by atoms with E-state index in [4.69, 9.17) is 4.52 Å². The Labute approximate surface area is 172 Å². The summed E-state index contributed by atoms with van der Waals surface area (Å²) < 4.78 is 34.0. The van der Waals surface area contributed by atoms with E-state index >= 15 is 0 Å². The van der Waals surface area contributed by atoms with Gasteiger partial charge in [-0.05, 0) is 56.2 Å². The topological polar surface area (TPSA) is 76.3 Å². The molecule has 3 aromatic rings. The second-order valence-electron chi connectivity index (χ2n) is 6.98. The van der Waals surface area contributed by atoms with E-state index in [0.29, 0.717) is 29.7 Å². The first-order chi connectivity index (χ1) is 13.4. The molecule has 1 saturated heterocycles. The van der Waals surface area contributed by atoms with E-state index in [9.17, 15) is 8.42 Å². The summed E-state index contributed by atoms with van der Waals surface area (Å²) in [5, 5.41) is 4.08. The Morgan fingerprint density at radius 2 is 1.82 bits per heavy atom. The fraction of sp³-hybridized carbons (Fsp3) is 0.300. The van der Waals surface area contributed by atoms with Gasteiger partial charge in [0.15, 0.2) is 0 Å². The maximum absolute atomic E-state index is 13.0. The summed E-state index contributed by atoms with van der Waals surface area (Å²) in [6.07, 6.45) is 1.58. The van der Waals surface area contributed by atoms with Gasteiger partial charge in [-0.25, -0.2) is 8.42 Å². The van der Waals surface area contributed by atoms with Crippen molar-refractivity contribution in [2.45, 2.75) is 30.6 Å². The van der Waals surface area contributed by atoms with Crippen LogP contribution in [0, 0.1) is 6.92 Å². The third-order valence-electron chi connectivity index (χ3n) is 4.94. The molecule has 0 saturated carbocycles. The summed E-state index contributed by atoms with van der Waals surface area (Å²) in [6.45, 7) is 2.78. The van der Waals surface area contributed by atoms with E-state index in [1.54, 1.807) is 12.1 Å². The lowest BCUT2D eigenvalue weighted by Crippen LogP contribution is -2.39. The monoisotopic (exact) mass is 461 g/mol. The Hall–Kier alpha value is -2.03. The molecular formula is C20H20BrN3O3S. The summed E-state index contributed by atoms with van der Waals surface area (Å²) in [6, 6.07) is 14.6. The van der Waals surface area contributed by atoms with Crippen LogP contribution in [0.15, 0.2) is 62.4 Å². The highest BCUT2D eigenvalue weighted by Gasteiger charge is 2.33. The normalized spacial score (nSPS) is 18.3. The highest BCUT2D eigenvalue weighted by molar-refractivity contribution is 9.10. The van der Waals surface area contributed by atoms with Crippen LogP contribution in [-0.4, -0.2) is 36.0 Å². The van der Waals surface area contributed by atoms with Crippen molar-refractivity contribution in [3.63, 3.8) is 0 Å². The number of benzene rings is 2. The van der Waals surface area contributed by atoms with Crippen LogP contribution >= 0.6 is 15.9 Å². The lowest BCUT2D eigenvalue weighted by Gasteiger charge is -2.30. The molecule has 2 heterocycles. The molecule has 0 amide bonds. The van der Waals surface area contributed by atoms with Crippen LogP contribution < -0.4 is 0 Å². The van der Waals surface area contributed by atoms with E-state index < -0.39 is 10.0 Å². The molecule has 2 aromatic carbocycles. The van der Waals surface area contributed by atoms with Crippen molar-refractivity contribution < 1.29 is 12.9 Å². The molecule has 146 valence electrons.